The van der Waals surface area contributed by atoms with Crippen molar-refractivity contribution in [1.82, 2.24) is 4.90 Å². The van der Waals surface area contributed by atoms with Gasteiger partial charge in [0.2, 0.25) is 0 Å². The number of nitrogens with zero attached hydrogens (tertiary/aromatic N) is 1. The van der Waals surface area contributed by atoms with Crippen molar-refractivity contribution >= 4 is 0 Å². The van der Waals surface area contributed by atoms with Crippen LogP contribution >= 0.6 is 0 Å². The summed E-state index contributed by atoms with van der Waals surface area (Å²) in [5, 5.41) is 9.97. The van der Waals surface area contributed by atoms with Crippen molar-refractivity contribution in [3.05, 3.63) is 108 Å². The van der Waals surface area contributed by atoms with Crippen LogP contribution < -0.4 is 0 Å². The summed E-state index contributed by atoms with van der Waals surface area (Å²) in [6.07, 6.45) is 1.81. The van der Waals surface area contributed by atoms with Crippen molar-refractivity contribution in [2.75, 3.05) is 19.8 Å². The molecule has 1 fully saturated rings. The van der Waals surface area contributed by atoms with E-state index in [0.29, 0.717) is 25.7 Å². The maximum atomic E-state index is 9.97. The number of rotatable bonds is 11. The molecular formula is C30H37NO3. The average Bonchev–Trinajstić information content (AvgIpc) is 2.91. The maximum absolute atomic E-state index is 9.97. The second-order valence-electron chi connectivity index (χ2n) is 9.30. The SMILES string of the molecule is C[C@@H](c1ccccc1)N1CC[C@@H](CO)C[C@@H]1[C@@H](COCc1ccccc1)OCc1ccccc1. The van der Waals surface area contributed by atoms with Gasteiger partial charge >= 0.3 is 0 Å². The van der Waals surface area contributed by atoms with Gasteiger partial charge in [-0.05, 0) is 48.9 Å². The van der Waals surface area contributed by atoms with Crippen LogP contribution in [0.4, 0.5) is 0 Å². The lowest BCUT2D eigenvalue weighted by molar-refractivity contribution is -0.0978. The zero-order chi connectivity index (χ0) is 23.6. The van der Waals surface area contributed by atoms with Gasteiger partial charge in [-0.25, -0.2) is 0 Å². The first kappa shape index (κ1) is 24.6. The van der Waals surface area contributed by atoms with Gasteiger partial charge < -0.3 is 14.6 Å². The molecule has 4 atom stereocenters. The third-order valence-electron chi connectivity index (χ3n) is 6.96. The molecule has 180 valence electrons. The third-order valence-corrected chi connectivity index (χ3v) is 6.96. The van der Waals surface area contributed by atoms with E-state index in [-0.39, 0.29) is 24.8 Å². The highest BCUT2D eigenvalue weighted by Gasteiger charge is 2.37. The fourth-order valence-corrected chi connectivity index (χ4v) is 4.94. The predicted molar refractivity (Wildman–Crippen MR) is 136 cm³/mol. The minimum atomic E-state index is -0.0931. The molecule has 4 heteroatoms. The zero-order valence-corrected chi connectivity index (χ0v) is 20.1. The standard InChI is InChI=1S/C30H37NO3/c1-24(28-15-9-4-10-16-28)31-18-17-27(20-32)19-29(31)30(34-22-26-13-7-3-8-14-26)23-33-21-25-11-5-2-6-12-25/h2-16,24,27,29-30,32H,17-23H2,1H3/t24-,27+,29+,30+/m0/s1. The van der Waals surface area contributed by atoms with E-state index in [1.807, 2.05) is 36.4 Å². The highest BCUT2D eigenvalue weighted by atomic mass is 16.5. The van der Waals surface area contributed by atoms with Crippen molar-refractivity contribution in [3.63, 3.8) is 0 Å². The number of hydrogen-bond donors (Lipinski definition) is 1. The Morgan fingerprint density at radius 2 is 1.44 bits per heavy atom. The fraction of sp³-hybridized carbons (Fsp3) is 0.400. The molecule has 1 aliphatic heterocycles. The summed E-state index contributed by atoms with van der Waals surface area (Å²) in [6.45, 7) is 5.07. The van der Waals surface area contributed by atoms with Crippen molar-refractivity contribution in [1.29, 1.82) is 0 Å². The number of hydrogen-bond acceptors (Lipinski definition) is 4. The normalized spacial score (nSPS) is 20.6. The van der Waals surface area contributed by atoms with Crippen LogP contribution in [0.2, 0.25) is 0 Å². The molecule has 1 aliphatic rings. The molecule has 1 N–H and O–H groups in total. The van der Waals surface area contributed by atoms with Crippen molar-refractivity contribution in [3.8, 4) is 0 Å². The van der Waals surface area contributed by atoms with Gasteiger partial charge in [0.15, 0.2) is 0 Å². The Balaban J connectivity index is 1.52. The molecule has 0 aliphatic carbocycles. The number of aliphatic hydroxyl groups excluding tert-OH is 1. The predicted octanol–water partition coefficient (Wildman–Crippen LogP) is 5.62. The Hall–Kier alpha value is -2.50. The van der Waals surface area contributed by atoms with Crippen molar-refractivity contribution in [2.24, 2.45) is 5.92 Å². The van der Waals surface area contributed by atoms with Gasteiger partial charge in [-0.2, -0.15) is 0 Å². The number of likely N-dealkylation sites (tertiary alicyclic amines) is 1. The number of piperidine rings is 1. The molecule has 3 aromatic carbocycles. The first-order valence-corrected chi connectivity index (χ1v) is 12.4. The molecule has 0 aromatic heterocycles. The minimum Gasteiger partial charge on any atom is -0.396 e. The lowest BCUT2D eigenvalue weighted by Crippen LogP contribution is -2.52. The molecule has 4 rings (SSSR count). The topological polar surface area (TPSA) is 41.9 Å². The molecule has 34 heavy (non-hydrogen) atoms. The van der Waals surface area contributed by atoms with E-state index < -0.39 is 0 Å². The second kappa shape index (κ2) is 12.8. The summed E-state index contributed by atoms with van der Waals surface area (Å²) < 4.78 is 12.8. The molecule has 3 aromatic rings. The van der Waals surface area contributed by atoms with Gasteiger partial charge in [-0.3, -0.25) is 4.90 Å². The Kier molecular flexibility index (Phi) is 9.28. The molecule has 0 saturated carbocycles. The van der Waals surface area contributed by atoms with E-state index in [9.17, 15) is 5.11 Å². The maximum Gasteiger partial charge on any atom is 0.0968 e. The smallest absolute Gasteiger partial charge is 0.0968 e. The van der Waals surface area contributed by atoms with Gasteiger partial charge in [0.1, 0.15) is 0 Å². The third kappa shape index (κ3) is 6.77. The Morgan fingerprint density at radius 1 is 0.853 bits per heavy atom. The number of aliphatic hydroxyl groups is 1. The molecule has 0 amide bonds. The zero-order valence-electron chi connectivity index (χ0n) is 20.1. The van der Waals surface area contributed by atoms with Crippen LogP contribution in [0.3, 0.4) is 0 Å². The minimum absolute atomic E-state index is 0.0931. The largest absolute Gasteiger partial charge is 0.396 e. The van der Waals surface area contributed by atoms with Crippen LogP contribution in [-0.4, -0.2) is 41.9 Å². The van der Waals surface area contributed by atoms with Crippen LogP contribution in [0.15, 0.2) is 91.0 Å². The number of benzene rings is 3. The summed E-state index contributed by atoms with van der Waals surface area (Å²) in [5.41, 5.74) is 3.63. The highest BCUT2D eigenvalue weighted by Crippen LogP contribution is 2.33. The van der Waals surface area contributed by atoms with Crippen LogP contribution in [0, 0.1) is 5.92 Å². The first-order chi connectivity index (χ1) is 16.7. The summed E-state index contributed by atoms with van der Waals surface area (Å²) in [6, 6.07) is 31.7. The summed E-state index contributed by atoms with van der Waals surface area (Å²) in [7, 11) is 0. The van der Waals surface area contributed by atoms with E-state index in [2.05, 4.69) is 66.4 Å². The molecule has 1 heterocycles. The number of ether oxygens (including phenoxy) is 2. The van der Waals surface area contributed by atoms with Gasteiger partial charge in [-0.1, -0.05) is 91.0 Å². The molecule has 0 unspecified atom stereocenters. The summed E-state index contributed by atoms with van der Waals surface area (Å²) in [4.78, 5) is 2.56. The van der Waals surface area contributed by atoms with E-state index in [4.69, 9.17) is 9.47 Å². The van der Waals surface area contributed by atoms with Gasteiger partial charge in [-0.15, -0.1) is 0 Å². The van der Waals surface area contributed by atoms with Crippen LogP contribution in [0.25, 0.3) is 0 Å². The van der Waals surface area contributed by atoms with E-state index in [1.54, 1.807) is 0 Å². The molecule has 0 radical (unpaired) electrons. The summed E-state index contributed by atoms with van der Waals surface area (Å²) >= 11 is 0. The quantitative estimate of drug-likeness (QED) is 0.404. The van der Waals surface area contributed by atoms with Crippen LogP contribution in [-0.2, 0) is 22.7 Å². The molecular weight excluding hydrogens is 422 g/mol. The van der Waals surface area contributed by atoms with E-state index in [0.717, 1.165) is 30.5 Å². The molecule has 0 spiro atoms. The van der Waals surface area contributed by atoms with Gasteiger partial charge in [0, 0.05) is 18.7 Å². The van der Waals surface area contributed by atoms with Gasteiger partial charge in [0.25, 0.3) is 0 Å². The molecule has 1 saturated heterocycles. The van der Waals surface area contributed by atoms with Gasteiger partial charge in [0.05, 0.1) is 25.9 Å². The van der Waals surface area contributed by atoms with E-state index in [1.165, 1.54) is 5.56 Å². The second-order valence-corrected chi connectivity index (χ2v) is 9.30. The first-order valence-electron chi connectivity index (χ1n) is 12.4. The Morgan fingerprint density at radius 3 is 2.06 bits per heavy atom. The average molecular weight is 460 g/mol. The lowest BCUT2D eigenvalue weighted by Gasteiger charge is -2.45. The fourth-order valence-electron chi connectivity index (χ4n) is 4.94. The van der Waals surface area contributed by atoms with Crippen molar-refractivity contribution < 1.29 is 14.6 Å². The van der Waals surface area contributed by atoms with Crippen LogP contribution in [0.1, 0.15) is 42.5 Å². The Bertz CT molecular complexity index is 951. The van der Waals surface area contributed by atoms with E-state index >= 15 is 0 Å². The monoisotopic (exact) mass is 459 g/mol. The van der Waals surface area contributed by atoms with Crippen molar-refractivity contribution in [2.45, 2.75) is 51.2 Å². The highest BCUT2D eigenvalue weighted by molar-refractivity contribution is 5.19. The van der Waals surface area contributed by atoms with Crippen LogP contribution in [0.5, 0.6) is 0 Å². The Labute approximate surface area is 204 Å². The lowest BCUT2D eigenvalue weighted by atomic mass is 9.86. The molecule has 4 nitrogen and oxygen atoms in total. The molecule has 0 bridgehead atoms. The summed E-state index contributed by atoms with van der Waals surface area (Å²) in [5.74, 6) is 0.293.